The van der Waals surface area contributed by atoms with Crippen LogP contribution >= 0.6 is 0 Å². The average molecular weight is 633 g/mol. The van der Waals surface area contributed by atoms with Gasteiger partial charge in [-0.15, -0.1) is 0 Å². The summed E-state index contributed by atoms with van der Waals surface area (Å²) in [6.45, 7) is 32.9. The molecule has 1 aliphatic rings. The van der Waals surface area contributed by atoms with Crippen molar-refractivity contribution < 1.29 is 27.9 Å². The maximum absolute atomic E-state index is 14.3. The summed E-state index contributed by atoms with van der Waals surface area (Å²) in [5.74, 6) is 0.704. The molecule has 43 heavy (non-hydrogen) atoms. The van der Waals surface area contributed by atoms with Crippen molar-refractivity contribution >= 4 is 34.3 Å². The molecule has 1 N–H and O–H groups in total. The lowest BCUT2D eigenvalue weighted by atomic mass is 10.1. The van der Waals surface area contributed by atoms with Gasteiger partial charge in [0.05, 0.1) is 31.0 Å². The van der Waals surface area contributed by atoms with E-state index in [1.165, 1.54) is 6.08 Å². The van der Waals surface area contributed by atoms with Gasteiger partial charge in [0.25, 0.3) is 14.2 Å². The predicted octanol–water partition coefficient (Wildman–Crippen LogP) is 8.78. The van der Waals surface area contributed by atoms with Crippen LogP contribution in [0.1, 0.15) is 79.1 Å². The molecule has 0 spiro atoms. The number of benzene rings is 1. The number of carbonyl (C=O) groups is 2. The summed E-state index contributed by atoms with van der Waals surface area (Å²) >= 11 is 0. The molecule has 1 atom stereocenters. The summed E-state index contributed by atoms with van der Waals surface area (Å²) in [4.78, 5) is 28.8. The molecular weight excluding hydrogens is 577 g/mol. The molecule has 0 radical (unpaired) electrons. The van der Waals surface area contributed by atoms with E-state index < -0.39 is 22.7 Å². The Balaban J connectivity index is 2.61. The number of carbonyl (C=O) groups excluding carboxylic acids is 2. The Hall–Kier alpha value is -2.57. The fraction of sp³-hybridized carbons (Fsp3) is 0.636. The fourth-order valence-corrected chi connectivity index (χ4v) is 12.1. The lowest BCUT2D eigenvalue weighted by Crippen LogP contribution is -2.50. The lowest BCUT2D eigenvalue weighted by molar-refractivity contribution is 0.0686. The van der Waals surface area contributed by atoms with Crippen molar-refractivity contribution in [3.63, 3.8) is 0 Å². The second-order valence-corrected chi connectivity index (χ2v) is 24.3. The highest BCUT2D eigenvalue weighted by molar-refractivity contribution is 6.78. The quantitative estimate of drug-likeness (QED) is 0.173. The predicted molar refractivity (Wildman–Crippen MR) is 182 cm³/mol. The Morgan fingerprint density at radius 2 is 1.65 bits per heavy atom. The van der Waals surface area contributed by atoms with Crippen molar-refractivity contribution in [3.8, 4) is 11.5 Å². The number of ether oxygens (including phenoxy) is 2. The van der Waals surface area contributed by atoms with Gasteiger partial charge in [-0.1, -0.05) is 87.1 Å². The number of hydrogen-bond acceptors (Lipinski definition) is 6. The molecule has 1 saturated heterocycles. The average Bonchev–Trinajstić information content (AvgIpc) is 3.28. The molecule has 2 amide bonds. The first-order valence-corrected chi connectivity index (χ1v) is 20.4. The zero-order valence-corrected chi connectivity index (χ0v) is 30.7. The number of methoxy groups -OCH3 is 1. The van der Waals surface area contributed by atoms with Crippen LogP contribution in [0, 0.1) is 0 Å². The van der Waals surface area contributed by atoms with Crippen molar-refractivity contribution in [2.75, 3.05) is 32.2 Å². The van der Waals surface area contributed by atoms with E-state index in [-0.39, 0.29) is 29.2 Å². The van der Waals surface area contributed by atoms with Gasteiger partial charge in [-0.25, -0.2) is 4.79 Å². The molecule has 0 aliphatic carbocycles. The highest BCUT2D eigenvalue weighted by Gasteiger charge is 2.48. The van der Waals surface area contributed by atoms with Gasteiger partial charge in [0.1, 0.15) is 12.4 Å². The molecule has 0 unspecified atom stereocenters. The minimum absolute atomic E-state index is 0.0392. The van der Waals surface area contributed by atoms with E-state index in [0.717, 1.165) is 5.57 Å². The van der Waals surface area contributed by atoms with Crippen LogP contribution in [-0.2, 0) is 9.16 Å². The van der Waals surface area contributed by atoms with E-state index >= 15 is 0 Å². The molecule has 0 bridgehead atoms. The van der Waals surface area contributed by atoms with E-state index in [0.29, 0.717) is 53.4 Å². The molecule has 8 nitrogen and oxygen atoms in total. The van der Waals surface area contributed by atoms with Gasteiger partial charge in [0, 0.05) is 12.6 Å². The number of rotatable bonds is 13. The standard InChI is InChI=1S/C33H56N2O6Si2/c1-15-16-39-32(37)34-28-19-30(41-43(22(2)3,23(4)5)24(6)7)29(38-12)18-27(28)31(36)35-20-25(8)17-26(35)21-40-42(13,14)33(9,10)11/h15,18-19,22-24,26H,1,8,16-17,20-21H2,2-7,9-14H3,(H,34,37)/t26-/m0/s1. The van der Waals surface area contributed by atoms with Gasteiger partial charge >= 0.3 is 6.09 Å². The monoisotopic (exact) mass is 632 g/mol. The SMILES string of the molecule is C=CCOC(=O)Nc1cc(O[Si](C(C)C)(C(C)C)C(C)C)c(OC)cc1C(=O)N1CC(=C)C[C@H]1CO[Si](C)(C)C(C)(C)C. The summed E-state index contributed by atoms with van der Waals surface area (Å²) in [6.07, 6.45) is 1.47. The Labute approximate surface area is 262 Å². The minimum Gasteiger partial charge on any atom is -0.540 e. The molecule has 2 rings (SSSR count). The normalized spacial score (nSPS) is 16.2. The van der Waals surface area contributed by atoms with Gasteiger partial charge in [0.15, 0.2) is 14.1 Å². The molecule has 1 heterocycles. The van der Waals surface area contributed by atoms with Crippen molar-refractivity contribution in [1.82, 2.24) is 4.90 Å². The number of amides is 2. The molecule has 10 heteroatoms. The molecule has 1 fully saturated rings. The van der Waals surface area contributed by atoms with Gasteiger partial charge in [-0.05, 0) is 47.2 Å². The second kappa shape index (κ2) is 14.5. The smallest absolute Gasteiger partial charge is 0.411 e. The number of hydrogen-bond donors (Lipinski definition) is 1. The summed E-state index contributed by atoms with van der Waals surface area (Å²) < 4.78 is 24.5. The van der Waals surface area contributed by atoms with Crippen molar-refractivity contribution in [3.05, 3.63) is 42.5 Å². The highest BCUT2D eigenvalue weighted by Crippen LogP contribution is 2.46. The largest absolute Gasteiger partial charge is 0.540 e. The summed E-state index contributed by atoms with van der Waals surface area (Å²) in [6, 6.07) is 3.22. The number of nitrogens with one attached hydrogen (secondary N) is 1. The molecule has 1 aromatic rings. The van der Waals surface area contributed by atoms with Crippen molar-refractivity contribution in [2.45, 2.75) is 110 Å². The maximum Gasteiger partial charge on any atom is 0.411 e. The summed E-state index contributed by atoms with van der Waals surface area (Å²) in [5, 5.41) is 2.84. The van der Waals surface area contributed by atoms with E-state index in [4.69, 9.17) is 18.3 Å². The van der Waals surface area contributed by atoms with Crippen LogP contribution in [0.5, 0.6) is 11.5 Å². The summed E-state index contributed by atoms with van der Waals surface area (Å²) in [5.41, 5.74) is 2.48. The first-order chi connectivity index (χ1) is 19.8. The Morgan fingerprint density at radius 3 is 2.14 bits per heavy atom. The number of anilines is 1. The maximum atomic E-state index is 14.3. The first-order valence-electron chi connectivity index (χ1n) is 15.4. The van der Waals surface area contributed by atoms with Crippen LogP contribution in [-0.4, -0.2) is 66.4 Å². The van der Waals surface area contributed by atoms with Gasteiger partial charge < -0.3 is 23.2 Å². The first kappa shape index (κ1) is 36.6. The van der Waals surface area contributed by atoms with E-state index in [1.54, 1.807) is 24.1 Å². The van der Waals surface area contributed by atoms with Crippen LogP contribution in [0.15, 0.2) is 36.9 Å². The van der Waals surface area contributed by atoms with Crippen molar-refractivity contribution in [1.29, 1.82) is 0 Å². The zero-order valence-electron chi connectivity index (χ0n) is 28.7. The highest BCUT2D eigenvalue weighted by atomic mass is 28.4. The molecule has 0 saturated carbocycles. The van der Waals surface area contributed by atoms with Gasteiger partial charge in [0.2, 0.25) is 0 Å². The van der Waals surface area contributed by atoms with Crippen LogP contribution < -0.4 is 14.5 Å². The summed E-state index contributed by atoms with van der Waals surface area (Å²) in [7, 11) is -2.86. The van der Waals surface area contributed by atoms with E-state index in [9.17, 15) is 9.59 Å². The van der Waals surface area contributed by atoms with E-state index in [2.05, 4.69) is 93.9 Å². The fourth-order valence-electron chi connectivity index (χ4n) is 5.84. The van der Waals surface area contributed by atoms with E-state index in [1.807, 2.05) is 0 Å². The topological polar surface area (TPSA) is 86.3 Å². The van der Waals surface area contributed by atoms with Crippen LogP contribution in [0.25, 0.3) is 0 Å². The Morgan fingerprint density at radius 1 is 1.07 bits per heavy atom. The molecule has 0 aromatic heterocycles. The Bertz CT molecular complexity index is 1150. The minimum atomic E-state index is -2.39. The number of nitrogens with zero attached hydrogens (tertiary/aromatic N) is 1. The van der Waals surface area contributed by atoms with Crippen LogP contribution in [0.4, 0.5) is 10.5 Å². The third-order valence-electron chi connectivity index (χ3n) is 9.16. The molecular formula is C33H56N2O6Si2. The Kier molecular flexibility index (Phi) is 12.3. The second-order valence-electron chi connectivity index (χ2n) is 14.1. The van der Waals surface area contributed by atoms with Crippen LogP contribution in [0.3, 0.4) is 0 Å². The molecule has 1 aromatic carbocycles. The van der Waals surface area contributed by atoms with Crippen LogP contribution in [0.2, 0.25) is 34.8 Å². The van der Waals surface area contributed by atoms with Gasteiger partial charge in [-0.3, -0.25) is 10.1 Å². The molecule has 1 aliphatic heterocycles. The van der Waals surface area contributed by atoms with Gasteiger partial charge in [-0.2, -0.15) is 0 Å². The number of likely N-dealkylation sites (tertiary alicyclic amines) is 1. The zero-order chi connectivity index (χ0) is 32.9. The lowest BCUT2D eigenvalue weighted by Gasteiger charge is -2.42. The van der Waals surface area contributed by atoms with Crippen molar-refractivity contribution in [2.24, 2.45) is 0 Å². The molecule has 242 valence electrons. The third-order valence-corrected chi connectivity index (χ3v) is 19.6. The third kappa shape index (κ3) is 8.33.